The van der Waals surface area contributed by atoms with Crippen molar-refractivity contribution in [2.45, 2.75) is 12.8 Å². The number of rotatable bonds is 4. The maximum Gasteiger partial charge on any atom is 0.284 e. The molecule has 7 nitrogen and oxygen atoms in total. The number of amides is 2. The van der Waals surface area contributed by atoms with Crippen LogP contribution < -0.4 is 16.4 Å². The number of carbonyl (C=O) groups excluding carboxylic acids is 2. The SMILES string of the molecule is NC(=O)c1nc2c(C(=O)NC[C@H]3CCCNC3)cccc2[nH]1. The summed E-state index contributed by atoms with van der Waals surface area (Å²) in [5.41, 5.74) is 6.76. The highest BCUT2D eigenvalue weighted by molar-refractivity contribution is 6.06. The summed E-state index contributed by atoms with van der Waals surface area (Å²) in [6, 6.07) is 5.21. The number of fused-ring (bicyclic) bond motifs is 1. The van der Waals surface area contributed by atoms with Gasteiger partial charge >= 0.3 is 0 Å². The van der Waals surface area contributed by atoms with Crippen molar-refractivity contribution < 1.29 is 9.59 Å². The fraction of sp³-hybridized carbons (Fsp3) is 0.400. The zero-order valence-corrected chi connectivity index (χ0v) is 12.2. The van der Waals surface area contributed by atoms with E-state index < -0.39 is 5.91 Å². The number of piperidine rings is 1. The average molecular weight is 301 g/mol. The molecule has 0 aliphatic carbocycles. The Morgan fingerprint density at radius 3 is 3.00 bits per heavy atom. The topological polar surface area (TPSA) is 113 Å². The van der Waals surface area contributed by atoms with Gasteiger partial charge in [0.15, 0.2) is 5.82 Å². The summed E-state index contributed by atoms with van der Waals surface area (Å²) in [5.74, 6) is -0.307. The predicted molar refractivity (Wildman–Crippen MR) is 82.5 cm³/mol. The van der Waals surface area contributed by atoms with Crippen molar-refractivity contribution in [3.05, 3.63) is 29.6 Å². The number of primary amides is 1. The lowest BCUT2D eigenvalue weighted by molar-refractivity contribution is 0.0944. The number of H-pyrrole nitrogens is 1. The molecule has 0 unspecified atom stereocenters. The van der Waals surface area contributed by atoms with Gasteiger partial charge in [-0.1, -0.05) is 6.07 Å². The minimum Gasteiger partial charge on any atom is -0.363 e. The van der Waals surface area contributed by atoms with E-state index in [1.165, 1.54) is 0 Å². The van der Waals surface area contributed by atoms with E-state index in [1.54, 1.807) is 18.2 Å². The summed E-state index contributed by atoms with van der Waals surface area (Å²) < 4.78 is 0. The van der Waals surface area contributed by atoms with Crippen molar-refractivity contribution in [2.24, 2.45) is 11.7 Å². The summed E-state index contributed by atoms with van der Waals surface area (Å²) in [7, 11) is 0. The van der Waals surface area contributed by atoms with Crippen LogP contribution in [0.3, 0.4) is 0 Å². The van der Waals surface area contributed by atoms with Crippen LogP contribution in [0.2, 0.25) is 0 Å². The lowest BCUT2D eigenvalue weighted by Crippen LogP contribution is -2.38. The van der Waals surface area contributed by atoms with Gasteiger partial charge in [-0.2, -0.15) is 0 Å². The molecule has 1 fully saturated rings. The normalized spacial score (nSPS) is 18.3. The molecule has 3 rings (SSSR count). The van der Waals surface area contributed by atoms with Gasteiger partial charge in [0.25, 0.3) is 11.8 Å². The molecule has 2 aromatic rings. The van der Waals surface area contributed by atoms with Crippen LogP contribution in [0.4, 0.5) is 0 Å². The maximum absolute atomic E-state index is 12.4. The highest BCUT2D eigenvalue weighted by atomic mass is 16.2. The second kappa shape index (κ2) is 6.15. The van der Waals surface area contributed by atoms with E-state index in [4.69, 9.17) is 5.73 Å². The lowest BCUT2D eigenvalue weighted by Gasteiger charge is -2.22. The summed E-state index contributed by atoms with van der Waals surface area (Å²) in [6.45, 7) is 2.61. The van der Waals surface area contributed by atoms with E-state index >= 15 is 0 Å². The molecule has 1 saturated heterocycles. The third-order valence-corrected chi connectivity index (χ3v) is 3.94. The Balaban J connectivity index is 1.76. The highest BCUT2D eigenvalue weighted by Crippen LogP contribution is 2.17. The van der Waals surface area contributed by atoms with Crippen LogP contribution in [0.1, 0.15) is 33.8 Å². The number of carbonyl (C=O) groups is 2. The fourth-order valence-corrected chi connectivity index (χ4v) is 2.76. The molecule has 0 bridgehead atoms. The number of aromatic nitrogens is 2. The number of para-hydroxylation sites is 1. The van der Waals surface area contributed by atoms with Gasteiger partial charge in [0.05, 0.1) is 11.1 Å². The molecule has 2 amide bonds. The molecule has 1 aliphatic heterocycles. The largest absolute Gasteiger partial charge is 0.363 e. The molecule has 1 aromatic carbocycles. The molecule has 1 aliphatic rings. The lowest BCUT2D eigenvalue weighted by atomic mass is 9.99. The summed E-state index contributed by atoms with van der Waals surface area (Å²) in [4.78, 5) is 30.5. The summed E-state index contributed by atoms with van der Waals surface area (Å²) in [6.07, 6.45) is 2.25. The van der Waals surface area contributed by atoms with Crippen molar-refractivity contribution in [3.63, 3.8) is 0 Å². The van der Waals surface area contributed by atoms with E-state index in [0.717, 1.165) is 25.9 Å². The number of benzene rings is 1. The standard InChI is InChI=1S/C15H19N5O2/c16-13(21)14-19-11-5-1-4-10(12(11)20-14)15(22)18-8-9-3-2-6-17-7-9/h1,4-5,9,17H,2-3,6-8H2,(H2,16,21)(H,18,22)(H,19,20)/t9-/m0/s1. The molecular weight excluding hydrogens is 282 g/mol. The second-order valence-electron chi connectivity index (χ2n) is 5.57. The number of hydrogen-bond donors (Lipinski definition) is 4. The van der Waals surface area contributed by atoms with Crippen molar-refractivity contribution in [1.29, 1.82) is 0 Å². The molecule has 1 aromatic heterocycles. The number of nitrogens with one attached hydrogen (secondary N) is 3. The molecule has 0 saturated carbocycles. The molecular formula is C15H19N5O2. The van der Waals surface area contributed by atoms with E-state index in [-0.39, 0.29) is 11.7 Å². The molecule has 1 atom stereocenters. The van der Waals surface area contributed by atoms with Crippen LogP contribution in [0.5, 0.6) is 0 Å². The van der Waals surface area contributed by atoms with Gasteiger partial charge in [0.2, 0.25) is 0 Å². The molecule has 2 heterocycles. The Hall–Kier alpha value is -2.41. The number of nitrogens with two attached hydrogens (primary N) is 1. The third-order valence-electron chi connectivity index (χ3n) is 3.94. The Labute approximate surface area is 127 Å². The Morgan fingerprint density at radius 1 is 1.41 bits per heavy atom. The van der Waals surface area contributed by atoms with Gasteiger partial charge in [0, 0.05) is 6.54 Å². The zero-order valence-electron chi connectivity index (χ0n) is 12.2. The van der Waals surface area contributed by atoms with Gasteiger partial charge in [-0.15, -0.1) is 0 Å². The van der Waals surface area contributed by atoms with Crippen molar-refractivity contribution in [2.75, 3.05) is 19.6 Å². The van der Waals surface area contributed by atoms with Gasteiger partial charge in [0.1, 0.15) is 5.52 Å². The van der Waals surface area contributed by atoms with Gasteiger partial charge < -0.3 is 21.4 Å². The van der Waals surface area contributed by atoms with Crippen molar-refractivity contribution in [3.8, 4) is 0 Å². The van der Waals surface area contributed by atoms with Gasteiger partial charge in [-0.05, 0) is 44.0 Å². The molecule has 22 heavy (non-hydrogen) atoms. The maximum atomic E-state index is 12.4. The van der Waals surface area contributed by atoms with E-state index in [9.17, 15) is 9.59 Å². The van der Waals surface area contributed by atoms with Gasteiger partial charge in [-0.25, -0.2) is 4.98 Å². The highest BCUT2D eigenvalue weighted by Gasteiger charge is 2.18. The van der Waals surface area contributed by atoms with E-state index in [0.29, 0.717) is 29.1 Å². The quantitative estimate of drug-likeness (QED) is 0.654. The van der Waals surface area contributed by atoms with Crippen LogP contribution in [0, 0.1) is 5.92 Å². The smallest absolute Gasteiger partial charge is 0.284 e. The molecule has 0 spiro atoms. The molecule has 7 heteroatoms. The van der Waals surface area contributed by atoms with Crippen LogP contribution >= 0.6 is 0 Å². The fourth-order valence-electron chi connectivity index (χ4n) is 2.76. The first-order valence-electron chi connectivity index (χ1n) is 7.42. The van der Waals surface area contributed by atoms with Crippen molar-refractivity contribution >= 4 is 22.8 Å². The van der Waals surface area contributed by atoms with E-state index in [2.05, 4.69) is 20.6 Å². The minimum absolute atomic E-state index is 0.0618. The average Bonchev–Trinajstić information content (AvgIpc) is 2.98. The molecule has 116 valence electrons. The number of hydrogen-bond acceptors (Lipinski definition) is 4. The number of aromatic amines is 1. The molecule has 0 radical (unpaired) electrons. The Kier molecular flexibility index (Phi) is 4.06. The number of imidazole rings is 1. The Morgan fingerprint density at radius 2 is 2.27 bits per heavy atom. The van der Waals surface area contributed by atoms with Crippen LogP contribution in [0.15, 0.2) is 18.2 Å². The van der Waals surface area contributed by atoms with Crippen LogP contribution in [0.25, 0.3) is 11.0 Å². The molecule has 5 N–H and O–H groups in total. The summed E-state index contributed by atoms with van der Waals surface area (Å²) in [5, 5.41) is 6.27. The third kappa shape index (κ3) is 2.94. The zero-order chi connectivity index (χ0) is 15.5. The van der Waals surface area contributed by atoms with Crippen molar-refractivity contribution in [1.82, 2.24) is 20.6 Å². The first kappa shape index (κ1) is 14.5. The first-order chi connectivity index (χ1) is 10.6. The van der Waals surface area contributed by atoms with Crippen LogP contribution in [-0.2, 0) is 0 Å². The Bertz CT molecular complexity index is 703. The van der Waals surface area contributed by atoms with E-state index in [1.807, 2.05) is 0 Å². The second-order valence-corrected chi connectivity index (χ2v) is 5.57. The number of nitrogens with zero attached hydrogens (tertiary/aromatic N) is 1. The summed E-state index contributed by atoms with van der Waals surface area (Å²) >= 11 is 0. The first-order valence-corrected chi connectivity index (χ1v) is 7.42. The monoisotopic (exact) mass is 301 g/mol. The van der Waals surface area contributed by atoms with Gasteiger partial charge in [-0.3, -0.25) is 9.59 Å². The predicted octanol–water partition coefficient (Wildman–Crippen LogP) is 0.391. The van der Waals surface area contributed by atoms with Crippen LogP contribution in [-0.4, -0.2) is 41.4 Å². The minimum atomic E-state index is -0.643.